The average molecular weight is 642 g/mol. The second-order valence-corrected chi connectivity index (χ2v) is 17.4. The monoisotopic (exact) mass is 641 g/mol. The number of rotatable bonds is 4. The number of hydrogen-bond acceptors (Lipinski definition) is 3. The van der Waals surface area contributed by atoms with Gasteiger partial charge in [-0.25, -0.2) is 0 Å². The number of hydrogen-bond donors (Lipinski definition) is 0. The lowest BCUT2D eigenvalue weighted by atomic mass is 10.0. The van der Waals surface area contributed by atoms with Gasteiger partial charge in [-0.05, 0) is 58.7 Å². The normalized spacial score (nSPS) is 18.9. The second kappa shape index (κ2) is 10.7. The van der Waals surface area contributed by atoms with Crippen molar-refractivity contribution in [1.29, 1.82) is 0 Å². The van der Waals surface area contributed by atoms with Crippen LogP contribution in [0, 0.1) is 0 Å². The van der Waals surface area contributed by atoms with E-state index < -0.39 is 14.3 Å². The third-order valence-corrected chi connectivity index (χ3v) is 15.7. The van der Waals surface area contributed by atoms with Crippen LogP contribution in [0.3, 0.4) is 0 Å². The first-order valence-corrected chi connectivity index (χ1v) is 19.2. The van der Waals surface area contributed by atoms with Crippen molar-refractivity contribution in [3.05, 3.63) is 176 Å². The Labute approximate surface area is 274 Å². The summed E-state index contributed by atoms with van der Waals surface area (Å²) in [6.45, 7) is 0. The van der Waals surface area contributed by atoms with Gasteiger partial charge in [0.1, 0.15) is 0 Å². The van der Waals surface area contributed by atoms with E-state index >= 15 is 9.13 Å². The molecule has 2 aliphatic rings. The second-order valence-electron chi connectivity index (χ2n) is 12.0. The smallest absolute Gasteiger partial charge is 0.175 e. The lowest BCUT2D eigenvalue weighted by Gasteiger charge is -2.44. The van der Waals surface area contributed by atoms with Crippen LogP contribution >= 0.6 is 14.3 Å². The standard InChI is InChI=1S/C42H29NO2P2/c44-46(34-18-9-3-10-19-34)38-22-13-23-39-42(38)43(36-26-24-32(28-40(36)46)30-14-5-1-6-15-30)37-27-25-33(31-16-7-2-8-17-31)29-41(37)47(39,45)35-20-11-4-12-21-35/h1-29H. The molecule has 224 valence electrons. The zero-order chi connectivity index (χ0) is 31.6. The van der Waals surface area contributed by atoms with Crippen molar-refractivity contribution in [2.45, 2.75) is 0 Å². The summed E-state index contributed by atoms with van der Waals surface area (Å²) in [7, 11) is -6.83. The highest BCUT2D eigenvalue weighted by Gasteiger charge is 2.49. The lowest BCUT2D eigenvalue weighted by molar-refractivity contribution is 0.592. The molecule has 0 saturated carbocycles. The molecule has 0 saturated heterocycles. The quantitative estimate of drug-likeness (QED) is 0.181. The van der Waals surface area contributed by atoms with Gasteiger partial charge in [-0.3, -0.25) is 0 Å². The Bertz CT molecular complexity index is 2240. The summed E-state index contributed by atoms with van der Waals surface area (Å²) in [5.41, 5.74) is 6.61. The van der Waals surface area contributed by atoms with Gasteiger partial charge in [-0.1, -0.05) is 140 Å². The third-order valence-electron chi connectivity index (χ3n) is 9.46. The van der Waals surface area contributed by atoms with Crippen LogP contribution in [0.15, 0.2) is 176 Å². The first-order valence-electron chi connectivity index (χ1n) is 15.7. The van der Waals surface area contributed by atoms with Crippen molar-refractivity contribution in [3.63, 3.8) is 0 Å². The van der Waals surface area contributed by atoms with Gasteiger partial charge in [-0.2, -0.15) is 0 Å². The molecule has 2 atom stereocenters. The highest BCUT2D eigenvalue weighted by Crippen LogP contribution is 2.60. The SMILES string of the molecule is O=P1(c2ccccc2)c2cc(-c3ccccc3)ccc2N2c3ccc(-c4ccccc4)cc3P(=O)(c3ccccc3)c3cccc1c32. The first-order chi connectivity index (χ1) is 23.1. The summed E-state index contributed by atoms with van der Waals surface area (Å²) in [4.78, 5) is 2.22. The van der Waals surface area contributed by atoms with Gasteiger partial charge < -0.3 is 14.0 Å². The van der Waals surface area contributed by atoms with E-state index in [2.05, 4.69) is 65.6 Å². The highest BCUT2D eigenvalue weighted by molar-refractivity contribution is 7.88. The van der Waals surface area contributed by atoms with Crippen LogP contribution in [0.25, 0.3) is 22.3 Å². The van der Waals surface area contributed by atoms with E-state index in [4.69, 9.17) is 0 Å². The van der Waals surface area contributed by atoms with E-state index in [1.165, 1.54) is 0 Å². The summed E-state index contributed by atoms with van der Waals surface area (Å²) >= 11 is 0. The number of para-hydroxylation sites is 1. The highest BCUT2D eigenvalue weighted by atomic mass is 31.2. The molecule has 0 N–H and O–H groups in total. The molecule has 0 amide bonds. The molecule has 7 aromatic carbocycles. The van der Waals surface area contributed by atoms with Crippen LogP contribution in [-0.2, 0) is 9.13 Å². The average Bonchev–Trinajstić information content (AvgIpc) is 3.15. The van der Waals surface area contributed by atoms with Crippen molar-refractivity contribution in [2.24, 2.45) is 0 Å². The van der Waals surface area contributed by atoms with Crippen LogP contribution in [-0.4, -0.2) is 0 Å². The van der Waals surface area contributed by atoms with Gasteiger partial charge in [0.25, 0.3) is 0 Å². The summed E-state index contributed by atoms with van der Waals surface area (Å²) in [5.74, 6) is 0. The zero-order valence-corrected chi connectivity index (χ0v) is 27.2. The topological polar surface area (TPSA) is 37.4 Å². The molecule has 9 rings (SSSR count). The van der Waals surface area contributed by atoms with Gasteiger partial charge in [0.15, 0.2) is 14.3 Å². The van der Waals surface area contributed by atoms with Crippen molar-refractivity contribution in [1.82, 2.24) is 0 Å². The van der Waals surface area contributed by atoms with Crippen LogP contribution < -0.4 is 36.7 Å². The maximum absolute atomic E-state index is 16.1. The minimum atomic E-state index is -3.42. The van der Waals surface area contributed by atoms with Gasteiger partial charge in [-0.15, -0.1) is 0 Å². The summed E-state index contributed by atoms with van der Waals surface area (Å²) in [6, 6.07) is 58.6. The number of fused-ring (bicyclic) bond motifs is 4. The molecule has 0 spiro atoms. The van der Waals surface area contributed by atoms with Crippen LogP contribution in [0.4, 0.5) is 17.1 Å². The number of anilines is 3. The zero-order valence-electron chi connectivity index (χ0n) is 25.4. The molecular weight excluding hydrogens is 612 g/mol. The fourth-order valence-electron chi connectivity index (χ4n) is 7.27. The Kier molecular flexibility index (Phi) is 6.37. The molecule has 47 heavy (non-hydrogen) atoms. The Balaban J connectivity index is 1.40. The van der Waals surface area contributed by atoms with E-state index in [1.54, 1.807) is 0 Å². The molecule has 2 heterocycles. The Hall–Kier alpha value is -5.20. The maximum atomic E-state index is 16.1. The molecule has 7 aromatic rings. The van der Waals surface area contributed by atoms with Crippen molar-refractivity contribution < 1.29 is 9.13 Å². The molecule has 3 nitrogen and oxygen atoms in total. The van der Waals surface area contributed by atoms with E-state index in [-0.39, 0.29) is 0 Å². The molecule has 0 aromatic heterocycles. The maximum Gasteiger partial charge on any atom is 0.175 e. The van der Waals surface area contributed by atoms with E-state index in [9.17, 15) is 0 Å². The molecule has 0 fully saturated rings. The van der Waals surface area contributed by atoms with E-state index in [0.29, 0.717) is 10.6 Å². The van der Waals surface area contributed by atoms with Crippen LogP contribution in [0.2, 0.25) is 0 Å². The number of benzene rings is 7. The van der Waals surface area contributed by atoms with Crippen molar-refractivity contribution in [2.75, 3.05) is 4.90 Å². The van der Waals surface area contributed by atoms with Gasteiger partial charge in [0.05, 0.1) is 17.1 Å². The predicted octanol–water partition coefficient (Wildman–Crippen LogP) is 8.40. The molecule has 2 unspecified atom stereocenters. The minimum absolute atomic E-state index is 0.716. The number of nitrogens with zero attached hydrogens (tertiary/aromatic N) is 1. The lowest BCUT2D eigenvalue weighted by Crippen LogP contribution is -2.45. The minimum Gasteiger partial charge on any atom is -0.308 e. The van der Waals surface area contributed by atoms with Crippen LogP contribution in [0.1, 0.15) is 0 Å². The molecule has 5 heteroatoms. The van der Waals surface area contributed by atoms with Gasteiger partial charge in [0.2, 0.25) is 0 Å². The van der Waals surface area contributed by atoms with Crippen LogP contribution in [0.5, 0.6) is 0 Å². The summed E-state index contributed by atoms with van der Waals surface area (Å²) in [5, 5.41) is 4.52. The van der Waals surface area contributed by atoms with Crippen molar-refractivity contribution in [3.8, 4) is 22.3 Å². The Morgan fingerprint density at radius 1 is 0.340 bits per heavy atom. The molecule has 0 aliphatic carbocycles. The van der Waals surface area contributed by atoms with Gasteiger partial charge >= 0.3 is 0 Å². The largest absolute Gasteiger partial charge is 0.308 e. The molecule has 0 bridgehead atoms. The fraction of sp³-hybridized carbons (Fsp3) is 0. The molecular formula is C42H29NO2P2. The predicted molar refractivity (Wildman–Crippen MR) is 198 cm³/mol. The molecule has 2 aliphatic heterocycles. The van der Waals surface area contributed by atoms with E-state index in [1.807, 2.05) is 115 Å². The van der Waals surface area contributed by atoms with Crippen molar-refractivity contribution >= 4 is 63.2 Å². The first kappa shape index (κ1) is 28.1. The Morgan fingerprint density at radius 3 is 1.13 bits per heavy atom. The summed E-state index contributed by atoms with van der Waals surface area (Å²) in [6.07, 6.45) is 0. The van der Waals surface area contributed by atoms with Gasteiger partial charge in [0, 0.05) is 31.8 Å². The Morgan fingerprint density at radius 2 is 0.723 bits per heavy atom. The molecule has 0 radical (unpaired) electrons. The fourth-order valence-corrected chi connectivity index (χ4v) is 13.4. The van der Waals surface area contributed by atoms with E-state index in [0.717, 1.165) is 60.5 Å². The third kappa shape index (κ3) is 4.07. The summed E-state index contributed by atoms with van der Waals surface area (Å²) < 4.78 is 32.2.